The van der Waals surface area contributed by atoms with Gasteiger partial charge >= 0.3 is 5.97 Å². The van der Waals surface area contributed by atoms with E-state index in [1.165, 1.54) is 0 Å². The minimum absolute atomic E-state index is 0.0324. The molecule has 21 heavy (non-hydrogen) atoms. The lowest BCUT2D eigenvalue weighted by atomic mass is 10.1. The summed E-state index contributed by atoms with van der Waals surface area (Å²) < 4.78 is 11.0. The lowest BCUT2D eigenvalue weighted by Crippen LogP contribution is -2.46. The molecule has 120 valence electrons. The molecular formula is C15H25NO5. The molecule has 2 N–H and O–H groups in total. The fourth-order valence-electron chi connectivity index (χ4n) is 2.10. The standard InChI is InChI=1S/C15H25NO5/c1-3-4-8-13(15(18)19)16-14(17)11(2)21-10-12-7-5-6-9-20-12/h3,11-13H,1,4-10H2,2H3,(H,16,17)(H,18,19). The van der Waals surface area contributed by atoms with E-state index in [0.717, 1.165) is 25.9 Å². The van der Waals surface area contributed by atoms with Crippen LogP contribution in [0, 0.1) is 0 Å². The maximum absolute atomic E-state index is 11.9. The van der Waals surface area contributed by atoms with E-state index in [1.807, 2.05) is 0 Å². The van der Waals surface area contributed by atoms with Gasteiger partial charge in [-0.15, -0.1) is 6.58 Å². The molecule has 1 rings (SSSR count). The van der Waals surface area contributed by atoms with Gasteiger partial charge in [-0.25, -0.2) is 4.79 Å². The Morgan fingerprint density at radius 3 is 2.86 bits per heavy atom. The summed E-state index contributed by atoms with van der Waals surface area (Å²) in [6.07, 6.45) is 4.93. The zero-order valence-electron chi connectivity index (χ0n) is 12.5. The second kappa shape index (κ2) is 9.52. The molecule has 6 nitrogen and oxygen atoms in total. The number of aliphatic carboxylic acids is 1. The van der Waals surface area contributed by atoms with Crippen molar-refractivity contribution in [2.45, 2.75) is 57.3 Å². The Bertz CT molecular complexity index is 352. The molecular weight excluding hydrogens is 274 g/mol. The summed E-state index contributed by atoms with van der Waals surface area (Å²) in [5.41, 5.74) is 0. The minimum atomic E-state index is -1.05. The van der Waals surface area contributed by atoms with Gasteiger partial charge in [-0.1, -0.05) is 6.08 Å². The molecule has 0 radical (unpaired) electrons. The van der Waals surface area contributed by atoms with Crippen LogP contribution in [0.15, 0.2) is 12.7 Å². The summed E-state index contributed by atoms with van der Waals surface area (Å²) in [5, 5.41) is 11.5. The molecule has 0 saturated carbocycles. The molecule has 3 unspecified atom stereocenters. The number of carboxylic acid groups (broad SMARTS) is 1. The Labute approximate surface area is 125 Å². The molecule has 3 atom stereocenters. The maximum Gasteiger partial charge on any atom is 0.326 e. The summed E-state index contributed by atoms with van der Waals surface area (Å²) in [7, 11) is 0. The molecule has 0 aromatic heterocycles. The average molecular weight is 299 g/mol. The highest BCUT2D eigenvalue weighted by atomic mass is 16.5. The second-order valence-corrected chi connectivity index (χ2v) is 5.23. The Hall–Kier alpha value is -1.40. The molecule has 0 aromatic rings. The molecule has 1 heterocycles. The topological polar surface area (TPSA) is 84.9 Å². The predicted molar refractivity (Wildman–Crippen MR) is 78.0 cm³/mol. The Morgan fingerprint density at radius 1 is 1.52 bits per heavy atom. The zero-order chi connectivity index (χ0) is 15.7. The summed E-state index contributed by atoms with van der Waals surface area (Å²) in [4.78, 5) is 23.0. The normalized spacial score (nSPS) is 21.3. The first kappa shape index (κ1) is 17.7. The van der Waals surface area contributed by atoms with E-state index in [2.05, 4.69) is 11.9 Å². The highest BCUT2D eigenvalue weighted by Gasteiger charge is 2.24. The number of rotatable bonds is 9. The largest absolute Gasteiger partial charge is 0.480 e. The van der Waals surface area contributed by atoms with E-state index in [4.69, 9.17) is 14.6 Å². The van der Waals surface area contributed by atoms with Gasteiger partial charge in [0, 0.05) is 6.61 Å². The van der Waals surface area contributed by atoms with Crippen molar-refractivity contribution >= 4 is 11.9 Å². The zero-order valence-corrected chi connectivity index (χ0v) is 12.5. The van der Waals surface area contributed by atoms with Gasteiger partial charge in [-0.05, 0) is 39.0 Å². The number of hydrogen-bond donors (Lipinski definition) is 2. The smallest absolute Gasteiger partial charge is 0.326 e. The van der Waals surface area contributed by atoms with Crippen LogP contribution >= 0.6 is 0 Å². The first-order chi connectivity index (χ1) is 10.0. The monoisotopic (exact) mass is 299 g/mol. The quantitative estimate of drug-likeness (QED) is 0.630. The number of amides is 1. The van der Waals surface area contributed by atoms with Crippen molar-refractivity contribution in [2.75, 3.05) is 13.2 Å². The van der Waals surface area contributed by atoms with E-state index in [-0.39, 0.29) is 6.10 Å². The number of nitrogens with one attached hydrogen (secondary N) is 1. The fraction of sp³-hybridized carbons (Fsp3) is 0.733. The first-order valence-electron chi connectivity index (χ1n) is 7.42. The lowest BCUT2D eigenvalue weighted by molar-refractivity contribution is -0.145. The summed E-state index contributed by atoms with van der Waals surface area (Å²) in [5.74, 6) is -1.46. The van der Waals surface area contributed by atoms with Gasteiger partial charge in [0.2, 0.25) is 5.91 Å². The lowest BCUT2D eigenvalue weighted by Gasteiger charge is -2.24. The van der Waals surface area contributed by atoms with Crippen LogP contribution in [0.3, 0.4) is 0 Å². The predicted octanol–water partition coefficient (Wildman–Crippen LogP) is 1.50. The van der Waals surface area contributed by atoms with Gasteiger partial charge in [0.05, 0.1) is 12.7 Å². The third kappa shape index (κ3) is 6.73. The van der Waals surface area contributed by atoms with E-state index in [0.29, 0.717) is 19.4 Å². The average Bonchev–Trinajstić information content (AvgIpc) is 2.49. The number of carboxylic acids is 1. The van der Waals surface area contributed by atoms with Gasteiger partial charge in [-0.3, -0.25) is 4.79 Å². The van der Waals surface area contributed by atoms with Crippen LogP contribution in [0.1, 0.15) is 39.0 Å². The first-order valence-corrected chi connectivity index (χ1v) is 7.42. The van der Waals surface area contributed by atoms with Crippen LogP contribution in [0.2, 0.25) is 0 Å². The molecule has 1 aliphatic rings. The van der Waals surface area contributed by atoms with Crippen molar-refractivity contribution in [3.63, 3.8) is 0 Å². The van der Waals surface area contributed by atoms with Gasteiger partial charge in [-0.2, -0.15) is 0 Å². The Morgan fingerprint density at radius 2 is 2.29 bits per heavy atom. The summed E-state index contributed by atoms with van der Waals surface area (Å²) in [6, 6.07) is -0.910. The highest BCUT2D eigenvalue weighted by Crippen LogP contribution is 2.13. The van der Waals surface area contributed by atoms with E-state index >= 15 is 0 Å². The molecule has 6 heteroatoms. The number of hydrogen-bond acceptors (Lipinski definition) is 4. The molecule has 0 aliphatic carbocycles. The number of carbonyl (C=O) groups is 2. The van der Waals surface area contributed by atoms with Crippen molar-refractivity contribution in [3.8, 4) is 0 Å². The van der Waals surface area contributed by atoms with E-state index in [1.54, 1.807) is 13.0 Å². The van der Waals surface area contributed by atoms with Crippen molar-refractivity contribution < 1.29 is 24.2 Å². The molecule has 1 amide bonds. The van der Waals surface area contributed by atoms with Crippen LogP contribution in [0.4, 0.5) is 0 Å². The van der Waals surface area contributed by atoms with Crippen LogP contribution < -0.4 is 5.32 Å². The minimum Gasteiger partial charge on any atom is -0.480 e. The van der Waals surface area contributed by atoms with E-state index < -0.39 is 24.0 Å². The number of ether oxygens (including phenoxy) is 2. The van der Waals surface area contributed by atoms with Gasteiger partial charge < -0.3 is 19.9 Å². The van der Waals surface area contributed by atoms with Gasteiger partial charge in [0.15, 0.2) is 0 Å². The van der Waals surface area contributed by atoms with Crippen LogP contribution in [0.25, 0.3) is 0 Å². The van der Waals surface area contributed by atoms with Crippen LogP contribution in [0.5, 0.6) is 0 Å². The maximum atomic E-state index is 11.9. The molecule has 1 saturated heterocycles. The van der Waals surface area contributed by atoms with Crippen molar-refractivity contribution in [3.05, 3.63) is 12.7 Å². The van der Waals surface area contributed by atoms with Gasteiger partial charge in [0.1, 0.15) is 12.1 Å². The molecule has 1 aliphatic heterocycles. The highest BCUT2D eigenvalue weighted by molar-refractivity contribution is 5.86. The SMILES string of the molecule is C=CCCC(NC(=O)C(C)OCC1CCCCO1)C(=O)O. The Kier molecular flexibility index (Phi) is 8.00. The summed E-state index contributed by atoms with van der Waals surface area (Å²) in [6.45, 7) is 6.25. The van der Waals surface area contributed by atoms with Gasteiger partial charge in [0.25, 0.3) is 0 Å². The third-order valence-electron chi connectivity index (χ3n) is 3.45. The number of carbonyl (C=O) groups excluding carboxylic acids is 1. The van der Waals surface area contributed by atoms with E-state index in [9.17, 15) is 9.59 Å². The fourth-order valence-corrected chi connectivity index (χ4v) is 2.10. The van der Waals surface area contributed by atoms with Crippen molar-refractivity contribution in [1.29, 1.82) is 0 Å². The molecule has 0 aromatic carbocycles. The third-order valence-corrected chi connectivity index (χ3v) is 3.45. The molecule has 0 bridgehead atoms. The second-order valence-electron chi connectivity index (χ2n) is 5.23. The Balaban J connectivity index is 2.33. The molecule has 1 fully saturated rings. The van der Waals surface area contributed by atoms with Crippen LogP contribution in [-0.4, -0.2) is 48.4 Å². The van der Waals surface area contributed by atoms with Crippen LogP contribution in [-0.2, 0) is 19.1 Å². The molecule has 0 spiro atoms. The number of allylic oxidation sites excluding steroid dienone is 1. The summed E-state index contributed by atoms with van der Waals surface area (Å²) >= 11 is 0. The van der Waals surface area contributed by atoms with Crippen molar-refractivity contribution in [2.24, 2.45) is 0 Å². The van der Waals surface area contributed by atoms with Crippen molar-refractivity contribution in [1.82, 2.24) is 5.32 Å².